The van der Waals surface area contributed by atoms with Crippen LogP contribution in [0.4, 0.5) is 0 Å². The van der Waals surface area contributed by atoms with Crippen molar-refractivity contribution < 1.29 is 4.42 Å². The fraction of sp³-hybridized carbons (Fsp3) is 0.385. The summed E-state index contributed by atoms with van der Waals surface area (Å²) in [5, 5.41) is 11.6. The Kier molecular flexibility index (Phi) is 3.88. The molecule has 0 aliphatic rings. The molecule has 4 heteroatoms. The number of aryl methyl sites for hydroxylation is 2. The van der Waals surface area contributed by atoms with E-state index in [2.05, 4.69) is 28.5 Å². The molecule has 0 saturated heterocycles. The third-order valence-corrected chi connectivity index (χ3v) is 2.61. The second-order valence-corrected chi connectivity index (χ2v) is 3.99. The predicted molar refractivity (Wildman–Crippen MR) is 65.4 cm³/mol. The van der Waals surface area contributed by atoms with Crippen molar-refractivity contribution in [2.45, 2.75) is 33.4 Å². The minimum Gasteiger partial charge on any atom is -0.468 e. The minimum atomic E-state index is 0.734. The van der Waals surface area contributed by atoms with Crippen molar-refractivity contribution in [2.24, 2.45) is 0 Å². The lowest BCUT2D eigenvalue weighted by molar-refractivity contribution is 0.482. The lowest BCUT2D eigenvalue weighted by Crippen LogP contribution is -2.15. The van der Waals surface area contributed by atoms with E-state index in [1.807, 2.05) is 19.1 Å². The Hall–Kier alpha value is -1.68. The number of aromatic nitrogens is 2. The van der Waals surface area contributed by atoms with Crippen LogP contribution < -0.4 is 5.32 Å². The Morgan fingerprint density at radius 2 is 2.18 bits per heavy atom. The van der Waals surface area contributed by atoms with Gasteiger partial charge in [0.05, 0.1) is 24.2 Å². The summed E-state index contributed by atoms with van der Waals surface area (Å²) in [6, 6.07) is 5.94. The van der Waals surface area contributed by atoms with E-state index in [9.17, 15) is 0 Å². The molecule has 0 unspecified atom stereocenters. The first kappa shape index (κ1) is 11.8. The molecule has 0 aliphatic heterocycles. The lowest BCUT2D eigenvalue weighted by Gasteiger charge is -2.07. The summed E-state index contributed by atoms with van der Waals surface area (Å²) in [5.74, 6) is 0.946. The molecule has 90 valence electrons. The van der Waals surface area contributed by atoms with Crippen LogP contribution in [0.2, 0.25) is 0 Å². The van der Waals surface area contributed by atoms with Gasteiger partial charge in [-0.15, -0.1) is 0 Å². The van der Waals surface area contributed by atoms with Crippen LogP contribution in [0, 0.1) is 6.92 Å². The van der Waals surface area contributed by atoms with E-state index < -0.39 is 0 Å². The highest BCUT2D eigenvalue weighted by Gasteiger charge is 2.04. The topological polar surface area (TPSA) is 51.0 Å². The number of rotatable bonds is 5. The van der Waals surface area contributed by atoms with E-state index in [4.69, 9.17) is 4.42 Å². The third-order valence-electron chi connectivity index (χ3n) is 2.61. The largest absolute Gasteiger partial charge is 0.468 e. The van der Waals surface area contributed by atoms with Crippen molar-refractivity contribution in [1.82, 2.24) is 15.5 Å². The molecule has 2 heterocycles. The SMILES string of the molecule is CCc1nnc(C)cc1CNCc1ccco1. The van der Waals surface area contributed by atoms with Gasteiger partial charge in [-0.1, -0.05) is 6.92 Å². The van der Waals surface area contributed by atoms with E-state index in [0.717, 1.165) is 36.7 Å². The van der Waals surface area contributed by atoms with Gasteiger partial charge in [0.1, 0.15) is 5.76 Å². The molecule has 1 N–H and O–H groups in total. The normalized spacial score (nSPS) is 10.7. The van der Waals surface area contributed by atoms with Gasteiger partial charge < -0.3 is 9.73 Å². The van der Waals surface area contributed by atoms with Crippen molar-refractivity contribution in [2.75, 3.05) is 0 Å². The Bertz CT molecular complexity index is 466. The second kappa shape index (κ2) is 5.59. The summed E-state index contributed by atoms with van der Waals surface area (Å²) in [6.07, 6.45) is 2.59. The zero-order valence-corrected chi connectivity index (χ0v) is 10.2. The van der Waals surface area contributed by atoms with Crippen LogP contribution in [0.15, 0.2) is 28.9 Å². The zero-order valence-electron chi connectivity index (χ0n) is 10.2. The smallest absolute Gasteiger partial charge is 0.117 e. The molecule has 0 spiro atoms. The van der Waals surface area contributed by atoms with Crippen molar-refractivity contribution >= 4 is 0 Å². The summed E-state index contributed by atoms with van der Waals surface area (Å²) in [5.41, 5.74) is 3.23. The summed E-state index contributed by atoms with van der Waals surface area (Å²) < 4.78 is 5.26. The number of nitrogens with zero attached hydrogens (tertiary/aromatic N) is 2. The lowest BCUT2D eigenvalue weighted by atomic mass is 10.1. The molecule has 2 aromatic heterocycles. The molecule has 0 atom stereocenters. The molecule has 0 aromatic carbocycles. The van der Waals surface area contributed by atoms with Crippen LogP contribution >= 0.6 is 0 Å². The van der Waals surface area contributed by atoms with Crippen LogP contribution in [-0.4, -0.2) is 10.2 Å². The molecule has 0 bridgehead atoms. The van der Waals surface area contributed by atoms with Crippen LogP contribution in [-0.2, 0) is 19.5 Å². The summed E-state index contributed by atoms with van der Waals surface area (Å²) in [4.78, 5) is 0. The fourth-order valence-electron chi connectivity index (χ4n) is 1.75. The predicted octanol–water partition coefficient (Wildman–Crippen LogP) is 2.23. The molecule has 17 heavy (non-hydrogen) atoms. The molecular formula is C13H17N3O. The van der Waals surface area contributed by atoms with E-state index in [1.54, 1.807) is 6.26 Å². The maximum atomic E-state index is 5.26. The zero-order chi connectivity index (χ0) is 12.1. The molecule has 0 fully saturated rings. The summed E-state index contributed by atoms with van der Waals surface area (Å²) in [6.45, 7) is 5.58. The van der Waals surface area contributed by atoms with Gasteiger partial charge in [-0.2, -0.15) is 10.2 Å². The van der Waals surface area contributed by atoms with E-state index in [1.165, 1.54) is 5.56 Å². The number of hydrogen-bond donors (Lipinski definition) is 1. The average Bonchev–Trinajstić information content (AvgIpc) is 2.82. The Morgan fingerprint density at radius 3 is 2.88 bits per heavy atom. The maximum Gasteiger partial charge on any atom is 0.117 e. The van der Waals surface area contributed by atoms with Gasteiger partial charge in [0, 0.05) is 6.54 Å². The van der Waals surface area contributed by atoms with E-state index >= 15 is 0 Å². The highest BCUT2D eigenvalue weighted by molar-refractivity contribution is 5.20. The monoisotopic (exact) mass is 231 g/mol. The van der Waals surface area contributed by atoms with Gasteiger partial charge in [0.25, 0.3) is 0 Å². The summed E-state index contributed by atoms with van der Waals surface area (Å²) >= 11 is 0. The molecule has 0 radical (unpaired) electrons. The van der Waals surface area contributed by atoms with Gasteiger partial charge in [0.15, 0.2) is 0 Å². The van der Waals surface area contributed by atoms with Gasteiger partial charge in [0.2, 0.25) is 0 Å². The third kappa shape index (κ3) is 3.14. The highest BCUT2D eigenvalue weighted by atomic mass is 16.3. The molecule has 4 nitrogen and oxygen atoms in total. The van der Waals surface area contributed by atoms with Crippen molar-refractivity contribution in [3.05, 3.63) is 47.2 Å². The highest BCUT2D eigenvalue weighted by Crippen LogP contribution is 2.07. The molecule has 2 rings (SSSR count). The minimum absolute atomic E-state index is 0.734. The van der Waals surface area contributed by atoms with Gasteiger partial charge >= 0.3 is 0 Å². The van der Waals surface area contributed by atoms with E-state index in [-0.39, 0.29) is 0 Å². The van der Waals surface area contributed by atoms with Crippen LogP contribution in [0.5, 0.6) is 0 Å². The fourth-order valence-corrected chi connectivity index (χ4v) is 1.75. The maximum absolute atomic E-state index is 5.26. The van der Waals surface area contributed by atoms with Gasteiger partial charge in [-0.25, -0.2) is 0 Å². The van der Waals surface area contributed by atoms with E-state index in [0.29, 0.717) is 0 Å². The Balaban J connectivity index is 1.96. The van der Waals surface area contributed by atoms with Crippen LogP contribution in [0.25, 0.3) is 0 Å². The van der Waals surface area contributed by atoms with Crippen molar-refractivity contribution in [3.8, 4) is 0 Å². The first-order chi connectivity index (χ1) is 8.29. The first-order valence-corrected chi connectivity index (χ1v) is 5.84. The number of furan rings is 1. The molecule has 0 amide bonds. The molecule has 2 aromatic rings. The second-order valence-electron chi connectivity index (χ2n) is 3.99. The number of nitrogens with one attached hydrogen (secondary N) is 1. The quantitative estimate of drug-likeness (QED) is 0.857. The standard InChI is InChI=1S/C13H17N3O/c1-3-13-11(7-10(2)15-16-13)8-14-9-12-5-4-6-17-12/h4-7,14H,3,8-9H2,1-2H3. The van der Waals surface area contributed by atoms with Crippen LogP contribution in [0.3, 0.4) is 0 Å². The van der Waals surface area contributed by atoms with Crippen molar-refractivity contribution in [1.29, 1.82) is 0 Å². The molecule has 0 aliphatic carbocycles. The first-order valence-electron chi connectivity index (χ1n) is 5.84. The molecule has 0 saturated carbocycles. The Labute approximate surface area is 101 Å². The van der Waals surface area contributed by atoms with Gasteiger partial charge in [-0.05, 0) is 37.1 Å². The summed E-state index contributed by atoms with van der Waals surface area (Å²) in [7, 11) is 0. The molecular weight excluding hydrogens is 214 g/mol. The average molecular weight is 231 g/mol. The Morgan fingerprint density at radius 1 is 1.29 bits per heavy atom. The number of hydrogen-bond acceptors (Lipinski definition) is 4. The van der Waals surface area contributed by atoms with Crippen molar-refractivity contribution in [3.63, 3.8) is 0 Å². The van der Waals surface area contributed by atoms with Gasteiger partial charge in [-0.3, -0.25) is 0 Å². The van der Waals surface area contributed by atoms with Crippen LogP contribution in [0.1, 0.15) is 29.6 Å².